The molecule has 0 spiro atoms. The fourth-order valence-electron chi connectivity index (χ4n) is 1.87. The molecule has 1 aromatic rings. The van der Waals surface area contributed by atoms with Gasteiger partial charge >= 0.3 is 0 Å². The third-order valence-corrected chi connectivity index (χ3v) is 2.64. The molecule has 2 nitrogen and oxygen atoms in total. The Labute approximate surface area is 96.2 Å². The molecule has 2 heteroatoms. The highest BCUT2D eigenvalue weighted by molar-refractivity contribution is 5.73. The Kier molecular flexibility index (Phi) is 3.30. The van der Waals surface area contributed by atoms with E-state index in [4.69, 9.17) is 9.47 Å². The molecule has 2 rings (SSSR count). The average molecular weight is 215 g/mol. The maximum Gasteiger partial charge on any atom is 0.164 e. The summed E-state index contributed by atoms with van der Waals surface area (Å²) in [5.74, 6) is 1.61. The van der Waals surface area contributed by atoms with E-state index < -0.39 is 0 Å². The monoisotopic (exact) mass is 215 g/mol. The topological polar surface area (TPSA) is 18.5 Å². The van der Waals surface area contributed by atoms with Crippen molar-refractivity contribution in [2.24, 2.45) is 0 Å². The second kappa shape index (κ2) is 4.88. The van der Waals surface area contributed by atoms with E-state index in [9.17, 15) is 0 Å². The number of hydrogen-bond acceptors (Lipinski definition) is 2. The van der Waals surface area contributed by atoms with Crippen molar-refractivity contribution in [2.75, 3.05) is 14.2 Å². The van der Waals surface area contributed by atoms with Gasteiger partial charge in [0.15, 0.2) is 11.5 Å². The van der Waals surface area contributed by atoms with Crippen molar-refractivity contribution >= 4 is 5.57 Å². The van der Waals surface area contributed by atoms with Gasteiger partial charge in [-0.2, -0.15) is 0 Å². The zero-order valence-corrected chi connectivity index (χ0v) is 9.57. The number of allylic oxidation sites excluding steroid dienone is 2. The lowest BCUT2D eigenvalue weighted by molar-refractivity contribution is 0.219. The van der Waals surface area contributed by atoms with Gasteiger partial charge in [0.1, 0.15) is 0 Å². The molecule has 0 heterocycles. The molecule has 0 saturated heterocycles. The first-order valence-electron chi connectivity index (χ1n) is 5.27. The highest BCUT2D eigenvalue weighted by Gasteiger charge is 2.18. The summed E-state index contributed by atoms with van der Waals surface area (Å²) < 4.78 is 10.7. The first-order chi connectivity index (χ1) is 7.86. The third-order valence-electron chi connectivity index (χ3n) is 2.64. The Bertz CT molecular complexity index is 416. The van der Waals surface area contributed by atoms with Crippen molar-refractivity contribution < 1.29 is 9.47 Å². The first-order valence-corrected chi connectivity index (χ1v) is 5.27. The molecule has 0 atom stereocenters. The van der Waals surface area contributed by atoms with Crippen LogP contribution in [0.3, 0.4) is 0 Å². The van der Waals surface area contributed by atoms with Gasteiger partial charge in [-0.1, -0.05) is 30.3 Å². The molecule has 0 unspecified atom stereocenters. The summed E-state index contributed by atoms with van der Waals surface area (Å²) in [6, 6.07) is 10.2. The van der Waals surface area contributed by atoms with E-state index in [2.05, 4.69) is 18.6 Å². The zero-order valence-electron chi connectivity index (χ0n) is 9.57. The van der Waals surface area contributed by atoms with Gasteiger partial charge in [-0.15, -0.1) is 0 Å². The molecule has 1 aliphatic rings. The van der Waals surface area contributed by atoms with Crippen LogP contribution in [-0.2, 0) is 9.47 Å². The van der Waals surface area contributed by atoms with Gasteiger partial charge in [-0.3, -0.25) is 0 Å². The SMILES string of the molecule is COC1=C[CH]CC(c2ccccc2)=C1OC. The molecule has 0 saturated carbocycles. The van der Waals surface area contributed by atoms with Gasteiger partial charge in [0, 0.05) is 5.57 Å². The molecule has 0 N–H and O–H groups in total. The lowest BCUT2D eigenvalue weighted by Crippen LogP contribution is -2.05. The number of ether oxygens (including phenoxy) is 2. The molecule has 0 aliphatic heterocycles. The quantitative estimate of drug-likeness (QED) is 0.771. The van der Waals surface area contributed by atoms with Crippen LogP contribution in [0, 0.1) is 6.42 Å². The predicted molar refractivity (Wildman–Crippen MR) is 64.4 cm³/mol. The van der Waals surface area contributed by atoms with Crippen LogP contribution >= 0.6 is 0 Å². The maximum absolute atomic E-state index is 5.43. The molecule has 0 aromatic heterocycles. The van der Waals surface area contributed by atoms with Crippen LogP contribution in [0.1, 0.15) is 12.0 Å². The Hall–Kier alpha value is -1.70. The van der Waals surface area contributed by atoms with Crippen LogP contribution in [-0.4, -0.2) is 14.2 Å². The summed E-state index contributed by atoms with van der Waals surface area (Å²) in [5, 5.41) is 0. The summed E-state index contributed by atoms with van der Waals surface area (Å²) >= 11 is 0. The standard InChI is InChI=1S/C14H15O2/c1-15-13-10-6-9-12(14(13)16-2)11-7-4-3-5-8-11/h3-8,10H,9H2,1-2H3. The van der Waals surface area contributed by atoms with Crippen LogP contribution in [0.5, 0.6) is 0 Å². The van der Waals surface area contributed by atoms with E-state index in [1.165, 1.54) is 11.1 Å². The van der Waals surface area contributed by atoms with Crippen molar-refractivity contribution in [3.63, 3.8) is 0 Å². The highest BCUT2D eigenvalue weighted by atomic mass is 16.5. The fraction of sp³-hybridized carbons (Fsp3) is 0.214. The van der Waals surface area contributed by atoms with Gasteiger partial charge in [-0.05, 0) is 24.5 Å². The molecule has 83 valence electrons. The Balaban J connectivity index is 2.45. The molecular weight excluding hydrogens is 200 g/mol. The summed E-state index contributed by atoms with van der Waals surface area (Å²) in [6.45, 7) is 0. The Morgan fingerprint density at radius 3 is 2.38 bits per heavy atom. The number of hydrogen-bond donors (Lipinski definition) is 0. The predicted octanol–water partition coefficient (Wildman–Crippen LogP) is 3.18. The van der Waals surface area contributed by atoms with Crippen molar-refractivity contribution in [1.29, 1.82) is 0 Å². The Morgan fingerprint density at radius 2 is 1.75 bits per heavy atom. The van der Waals surface area contributed by atoms with Crippen molar-refractivity contribution in [3.05, 3.63) is 59.9 Å². The minimum atomic E-state index is 0.785. The number of rotatable bonds is 3. The smallest absolute Gasteiger partial charge is 0.164 e. The number of methoxy groups -OCH3 is 2. The largest absolute Gasteiger partial charge is 0.493 e. The van der Waals surface area contributed by atoms with Gasteiger partial charge in [0.25, 0.3) is 0 Å². The van der Waals surface area contributed by atoms with Crippen LogP contribution in [0.25, 0.3) is 5.57 Å². The van der Waals surface area contributed by atoms with E-state index in [1.54, 1.807) is 14.2 Å². The first kappa shape index (κ1) is 10.8. The minimum Gasteiger partial charge on any atom is -0.493 e. The average Bonchev–Trinajstić information content (AvgIpc) is 2.38. The van der Waals surface area contributed by atoms with Crippen LogP contribution in [0.15, 0.2) is 47.9 Å². The zero-order chi connectivity index (χ0) is 11.4. The molecule has 0 fully saturated rings. The van der Waals surface area contributed by atoms with Gasteiger partial charge < -0.3 is 9.47 Å². The second-order valence-corrected chi connectivity index (χ2v) is 3.55. The molecular formula is C14H15O2. The van der Waals surface area contributed by atoms with Crippen LogP contribution in [0.4, 0.5) is 0 Å². The minimum absolute atomic E-state index is 0.785. The normalized spacial score (nSPS) is 15.8. The third kappa shape index (κ3) is 1.96. The van der Waals surface area contributed by atoms with E-state index in [-0.39, 0.29) is 0 Å². The van der Waals surface area contributed by atoms with E-state index in [0.29, 0.717) is 0 Å². The lowest BCUT2D eigenvalue weighted by atomic mass is 9.95. The molecule has 1 aliphatic carbocycles. The van der Waals surface area contributed by atoms with Gasteiger partial charge in [0.05, 0.1) is 14.2 Å². The lowest BCUT2D eigenvalue weighted by Gasteiger charge is -2.19. The second-order valence-electron chi connectivity index (χ2n) is 3.55. The van der Waals surface area contributed by atoms with Gasteiger partial charge in [0.2, 0.25) is 0 Å². The van der Waals surface area contributed by atoms with Crippen molar-refractivity contribution in [1.82, 2.24) is 0 Å². The van der Waals surface area contributed by atoms with Crippen molar-refractivity contribution in [3.8, 4) is 0 Å². The van der Waals surface area contributed by atoms with Crippen molar-refractivity contribution in [2.45, 2.75) is 6.42 Å². The van der Waals surface area contributed by atoms with Gasteiger partial charge in [-0.25, -0.2) is 0 Å². The molecule has 1 radical (unpaired) electrons. The molecule has 0 amide bonds. The Morgan fingerprint density at radius 1 is 1.00 bits per heavy atom. The highest BCUT2D eigenvalue weighted by Crippen LogP contribution is 2.32. The maximum atomic E-state index is 5.43. The summed E-state index contributed by atoms with van der Waals surface area (Å²) in [4.78, 5) is 0. The van der Waals surface area contributed by atoms with E-state index in [1.807, 2.05) is 24.3 Å². The number of benzene rings is 1. The molecule has 16 heavy (non-hydrogen) atoms. The summed E-state index contributed by atoms with van der Waals surface area (Å²) in [7, 11) is 3.34. The fourth-order valence-corrected chi connectivity index (χ4v) is 1.87. The summed E-state index contributed by atoms with van der Waals surface area (Å²) in [6.07, 6.45) is 4.91. The van der Waals surface area contributed by atoms with Crippen LogP contribution < -0.4 is 0 Å². The molecule has 0 bridgehead atoms. The van der Waals surface area contributed by atoms with Crippen LogP contribution in [0.2, 0.25) is 0 Å². The van der Waals surface area contributed by atoms with E-state index in [0.717, 1.165) is 17.9 Å². The molecule has 1 aromatic carbocycles. The van der Waals surface area contributed by atoms with E-state index >= 15 is 0 Å². The summed E-state index contributed by atoms with van der Waals surface area (Å²) in [5.41, 5.74) is 2.35.